The second-order valence-corrected chi connectivity index (χ2v) is 4.61. The molecule has 94 valence electrons. The molecule has 1 aromatic rings. The van der Waals surface area contributed by atoms with E-state index < -0.39 is 24.5 Å². The summed E-state index contributed by atoms with van der Waals surface area (Å²) in [5, 5.41) is 20.4. The fourth-order valence-corrected chi connectivity index (χ4v) is 1.97. The fraction of sp³-hybridized carbons (Fsp3) is 0.444. The number of rotatable bonds is 5. The number of aliphatic hydroxyl groups is 1. The number of hydrogen-bond donors (Lipinski definition) is 4. The van der Waals surface area contributed by atoms with Gasteiger partial charge >= 0.3 is 5.97 Å². The van der Waals surface area contributed by atoms with Gasteiger partial charge in [-0.25, -0.2) is 9.78 Å². The van der Waals surface area contributed by atoms with Crippen LogP contribution < -0.4 is 11.1 Å². The molecule has 0 radical (unpaired) electrons. The number of carboxylic acids is 1. The Morgan fingerprint density at radius 2 is 2.24 bits per heavy atom. The maximum atomic E-state index is 11.2. The molecule has 0 aliphatic rings. The molecular weight excluding hydrogens is 246 g/mol. The summed E-state index contributed by atoms with van der Waals surface area (Å²) in [6, 6.07) is -0.977. The van der Waals surface area contributed by atoms with Crippen LogP contribution in [0.3, 0.4) is 0 Å². The molecule has 0 fully saturated rings. The van der Waals surface area contributed by atoms with Gasteiger partial charge in [0.25, 0.3) is 0 Å². The minimum Gasteiger partial charge on any atom is -0.476 e. The lowest BCUT2D eigenvalue weighted by Crippen LogP contribution is -2.42. The highest BCUT2D eigenvalue weighted by Crippen LogP contribution is 2.17. The van der Waals surface area contributed by atoms with Gasteiger partial charge in [0, 0.05) is 4.88 Å². The van der Waals surface area contributed by atoms with Crippen molar-refractivity contribution in [2.24, 2.45) is 5.73 Å². The summed E-state index contributed by atoms with van der Waals surface area (Å²) in [5.74, 6) is -1.60. The molecule has 0 bridgehead atoms. The number of carbonyl (C=O) groups is 2. The smallest absolute Gasteiger partial charge is 0.355 e. The normalized spacial score (nSPS) is 12.2. The molecule has 0 aliphatic carbocycles. The molecule has 1 amide bonds. The standard InChI is InChI=1S/C9H13N3O4S/c1-4-7(9(15)16)12-6(17-4)2-11-8(14)5(10)3-13/h5,13H,2-3,10H2,1H3,(H,11,14)(H,15,16). The second kappa shape index (κ2) is 5.71. The summed E-state index contributed by atoms with van der Waals surface area (Å²) in [6.45, 7) is 1.31. The van der Waals surface area contributed by atoms with Crippen molar-refractivity contribution >= 4 is 23.2 Å². The lowest BCUT2D eigenvalue weighted by atomic mass is 10.3. The number of aliphatic hydroxyl groups excluding tert-OH is 1. The van der Waals surface area contributed by atoms with Crippen LogP contribution in [0.4, 0.5) is 0 Å². The van der Waals surface area contributed by atoms with E-state index in [1.807, 2.05) is 0 Å². The van der Waals surface area contributed by atoms with Crippen molar-refractivity contribution in [2.75, 3.05) is 6.61 Å². The first kappa shape index (κ1) is 13.6. The molecule has 0 aromatic carbocycles. The zero-order valence-corrected chi connectivity index (χ0v) is 9.95. The summed E-state index contributed by atoms with van der Waals surface area (Å²) < 4.78 is 0. The van der Waals surface area contributed by atoms with E-state index in [2.05, 4.69) is 10.3 Å². The van der Waals surface area contributed by atoms with Crippen molar-refractivity contribution in [1.29, 1.82) is 0 Å². The second-order valence-electron chi connectivity index (χ2n) is 3.32. The molecule has 7 nitrogen and oxygen atoms in total. The van der Waals surface area contributed by atoms with Crippen LogP contribution >= 0.6 is 11.3 Å². The predicted octanol–water partition coefficient (Wildman–Crippen LogP) is -0.914. The summed E-state index contributed by atoms with van der Waals surface area (Å²) in [7, 11) is 0. The number of nitrogens with zero attached hydrogens (tertiary/aromatic N) is 1. The van der Waals surface area contributed by atoms with Gasteiger partial charge in [0.05, 0.1) is 13.2 Å². The minimum atomic E-state index is -1.09. The average Bonchev–Trinajstić information content (AvgIpc) is 2.66. The molecule has 1 rings (SSSR count). The Labute approximate surface area is 101 Å². The lowest BCUT2D eigenvalue weighted by molar-refractivity contribution is -0.123. The van der Waals surface area contributed by atoms with Crippen molar-refractivity contribution in [3.05, 3.63) is 15.6 Å². The van der Waals surface area contributed by atoms with Gasteiger partial charge in [-0.05, 0) is 6.92 Å². The quantitative estimate of drug-likeness (QED) is 0.542. The number of nitrogens with one attached hydrogen (secondary N) is 1. The van der Waals surface area contributed by atoms with Crippen LogP contribution in [0.1, 0.15) is 20.4 Å². The SMILES string of the molecule is Cc1sc(CNC(=O)C(N)CO)nc1C(=O)O. The molecule has 1 aromatic heterocycles. The molecule has 0 saturated carbocycles. The molecular formula is C9H13N3O4S. The van der Waals surface area contributed by atoms with Crippen LogP contribution in [0.2, 0.25) is 0 Å². The average molecular weight is 259 g/mol. The summed E-state index contributed by atoms with van der Waals surface area (Å²) in [5.41, 5.74) is 5.28. The number of aromatic nitrogens is 1. The monoisotopic (exact) mass is 259 g/mol. The maximum Gasteiger partial charge on any atom is 0.355 e. The van der Waals surface area contributed by atoms with E-state index in [0.29, 0.717) is 9.88 Å². The molecule has 1 unspecified atom stereocenters. The van der Waals surface area contributed by atoms with Gasteiger partial charge in [-0.15, -0.1) is 11.3 Å². The Bertz CT molecular complexity index is 432. The Balaban J connectivity index is 2.61. The molecule has 1 heterocycles. The first-order valence-electron chi connectivity index (χ1n) is 4.79. The Hall–Kier alpha value is -1.51. The highest BCUT2D eigenvalue weighted by Gasteiger charge is 2.16. The van der Waals surface area contributed by atoms with E-state index in [1.165, 1.54) is 11.3 Å². The van der Waals surface area contributed by atoms with Crippen LogP contribution in [0, 0.1) is 6.92 Å². The van der Waals surface area contributed by atoms with Gasteiger partial charge in [0.2, 0.25) is 5.91 Å². The highest BCUT2D eigenvalue weighted by molar-refractivity contribution is 7.11. The van der Waals surface area contributed by atoms with Crippen molar-refractivity contribution in [1.82, 2.24) is 10.3 Å². The molecule has 17 heavy (non-hydrogen) atoms. The van der Waals surface area contributed by atoms with Gasteiger partial charge in [-0.2, -0.15) is 0 Å². The summed E-state index contributed by atoms with van der Waals surface area (Å²) in [4.78, 5) is 26.4. The van der Waals surface area contributed by atoms with E-state index in [9.17, 15) is 9.59 Å². The fourth-order valence-electron chi connectivity index (χ4n) is 1.10. The molecule has 0 aliphatic heterocycles. The topological polar surface area (TPSA) is 126 Å². The third-order valence-electron chi connectivity index (χ3n) is 1.99. The first-order chi connectivity index (χ1) is 7.95. The van der Waals surface area contributed by atoms with E-state index in [0.717, 1.165) is 0 Å². The number of amides is 1. The van der Waals surface area contributed by atoms with Gasteiger partial charge in [0.1, 0.15) is 11.0 Å². The lowest BCUT2D eigenvalue weighted by Gasteiger charge is -2.07. The van der Waals surface area contributed by atoms with Gasteiger partial charge in [0.15, 0.2) is 5.69 Å². The highest BCUT2D eigenvalue weighted by atomic mass is 32.1. The van der Waals surface area contributed by atoms with Gasteiger partial charge in [-0.1, -0.05) is 0 Å². The predicted molar refractivity (Wildman–Crippen MR) is 60.7 cm³/mol. The number of carboxylic acid groups (broad SMARTS) is 1. The molecule has 0 saturated heterocycles. The Kier molecular flexibility index (Phi) is 4.55. The minimum absolute atomic E-state index is 0.00861. The van der Waals surface area contributed by atoms with E-state index in [1.54, 1.807) is 6.92 Å². The Morgan fingerprint density at radius 1 is 1.59 bits per heavy atom. The van der Waals surface area contributed by atoms with Gasteiger partial charge < -0.3 is 21.3 Å². The molecule has 1 atom stereocenters. The van der Waals surface area contributed by atoms with Gasteiger partial charge in [-0.3, -0.25) is 4.79 Å². The molecule has 8 heteroatoms. The first-order valence-corrected chi connectivity index (χ1v) is 5.61. The van der Waals surface area contributed by atoms with Crippen molar-refractivity contribution in [2.45, 2.75) is 19.5 Å². The van der Waals surface area contributed by atoms with Crippen molar-refractivity contribution in [3.63, 3.8) is 0 Å². The van der Waals surface area contributed by atoms with Crippen molar-refractivity contribution in [3.8, 4) is 0 Å². The third kappa shape index (κ3) is 3.48. The number of carbonyl (C=O) groups excluding carboxylic acids is 1. The van der Waals surface area contributed by atoms with E-state index >= 15 is 0 Å². The summed E-state index contributed by atoms with van der Waals surface area (Å²) in [6.07, 6.45) is 0. The number of thiazole rings is 1. The summed E-state index contributed by atoms with van der Waals surface area (Å²) >= 11 is 1.19. The zero-order valence-electron chi connectivity index (χ0n) is 9.14. The number of aryl methyl sites for hydroxylation is 1. The van der Waals surface area contributed by atoms with Crippen LogP contribution in [-0.2, 0) is 11.3 Å². The van der Waals surface area contributed by atoms with Crippen LogP contribution in [0.5, 0.6) is 0 Å². The largest absolute Gasteiger partial charge is 0.476 e. The van der Waals surface area contributed by atoms with Crippen LogP contribution in [-0.4, -0.2) is 39.7 Å². The van der Waals surface area contributed by atoms with Crippen LogP contribution in [0.15, 0.2) is 0 Å². The molecule has 0 spiro atoms. The maximum absolute atomic E-state index is 11.2. The molecule has 5 N–H and O–H groups in total. The van der Waals surface area contributed by atoms with Crippen LogP contribution in [0.25, 0.3) is 0 Å². The van der Waals surface area contributed by atoms with Crippen molar-refractivity contribution < 1.29 is 19.8 Å². The number of nitrogens with two attached hydrogens (primary N) is 1. The third-order valence-corrected chi connectivity index (χ3v) is 2.96. The van der Waals surface area contributed by atoms with E-state index in [-0.39, 0.29) is 12.2 Å². The van der Waals surface area contributed by atoms with E-state index in [4.69, 9.17) is 15.9 Å². The number of aromatic carboxylic acids is 1. The zero-order chi connectivity index (χ0) is 13.0. The number of hydrogen-bond acceptors (Lipinski definition) is 6. The Morgan fingerprint density at radius 3 is 2.71 bits per heavy atom.